The molecule has 0 aliphatic carbocycles. The summed E-state index contributed by atoms with van der Waals surface area (Å²) in [6.07, 6.45) is 4.72. The number of aromatic nitrogens is 2. The molecule has 27 heavy (non-hydrogen) atoms. The van der Waals surface area contributed by atoms with Crippen molar-refractivity contribution in [1.82, 2.24) is 14.7 Å². The number of ether oxygens (including phenoxy) is 3. The summed E-state index contributed by atoms with van der Waals surface area (Å²) in [6, 6.07) is 6.05. The topological polar surface area (TPSA) is 48.8 Å². The smallest absolute Gasteiger partial charge is 0.165 e. The van der Waals surface area contributed by atoms with Gasteiger partial charge in [0, 0.05) is 50.1 Å². The number of aryl methyl sites for hydroxylation is 2. The van der Waals surface area contributed by atoms with Crippen LogP contribution >= 0.6 is 0 Å². The highest BCUT2D eigenvalue weighted by atomic mass is 16.5. The molecule has 0 amide bonds. The molecule has 0 radical (unpaired) electrons. The molecule has 1 aromatic carbocycles. The summed E-state index contributed by atoms with van der Waals surface area (Å²) in [5.41, 5.74) is 3.47. The van der Waals surface area contributed by atoms with E-state index in [1.807, 2.05) is 16.8 Å². The van der Waals surface area contributed by atoms with Crippen molar-refractivity contribution in [1.29, 1.82) is 0 Å². The van der Waals surface area contributed by atoms with Crippen LogP contribution in [0.25, 0.3) is 0 Å². The van der Waals surface area contributed by atoms with E-state index < -0.39 is 0 Å². The van der Waals surface area contributed by atoms with Gasteiger partial charge < -0.3 is 14.2 Å². The van der Waals surface area contributed by atoms with E-state index in [4.69, 9.17) is 14.2 Å². The van der Waals surface area contributed by atoms with Crippen molar-refractivity contribution in [2.24, 2.45) is 0 Å². The minimum absolute atomic E-state index is 0.295. The second-order valence-corrected chi connectivity index (χ2v) is 7.05. The van der Waals surface area contributed by atoms with Gasteiger partial charge in [0.25, 0.3) is 0 Å². The minimum atomic E-state index is 0.295. The van der Waals surface area contributed by atoms with Gasteiger partial charge in [-0.3, -0.25) is 9.58 Å². The standard InChI is InChI=1S/C21H31N3O3/c1-5-24-14-18(16(2)22-24)13-23(15-19-9-7-11-27-19)12-17-8-6-10-20(25-3)21(17)26-4/h6,8,10,14,19H,5,7,9,11-13,15H2,1-4H3. The highest BCUT2D eigenvalue weighted by Crippen LogP contribution is 2.32. The van der Waals surface area contributed by atoms with Gasteiger partial charge >= 0.3 is 0 Å². The molecule has 1 saturated heterocycles. The summed E-state index contributed by atoms with van der Waals surface area (Å²) in [7, 11) is 3.37. The minimum Gasteiger partial charge on any atom is -0.493 e. The Kier molecular flexibility index (Phi) is 6.74. The molecule has 6 nitrogen and oxygen atoms in total. The van der Waals surface area contributed by atoms with Crippen LogP contribution < -0.4 is 9.47 Å². The Hall–Kier alpha value is -2.05. The van der Waals surface area contributed by atoms with Crippen molar-refractivity contribution in [3.63, 3.8) is 0 Å². The molecule has 1 aliphatic rings. The Morgan fingerprint density at radius 2 is 2.04 bits per heavy atom. The fourth-order valence-electron chi connectivity index (χ4n) is 3.70. The van der Waals surface area contributed by atoms with E-state index in [0.717, 1.165) is 68.4 Å². The van der Waals surface area contributed by atoms with Crippen LogP contribution in [0.1, 0.15) is 36.6 Å². The molecule has 1 fully saturated rings. The van der Waals surface area contributed by atoms with Crippen LogP contribution in [0, 0.1) is 6.92 Å². The second-order valence-electron chi connectivity index (χ2n) is 7.05. The quantitative estimate of drug-likeness (QED) is 0.674. The first-order valence-electron chi connectivity index (χ1n) is 9.71. The van der Waals surface area contributed by atoms with Crippen molar-refractivity contribution in [2.45, 2.75) is 52.4 Å². The molecule has 2 heterocycles. The molecule has 0 bridgehead atoms. The lowest BCUT2D eigenvalue weighted by Gasteiger charge is -2.26. The maximum atomic E-state index is 5.90. The first-order chi connectivity index (χ1) is 13.1. The third-order valence-corrected chi connectivity index (χ3v) is 5.13. The fraction of sp³-hybridized carbons (Fsp3) is 0.571. The number of para-hydroxylation sites is 1. The Labute approximate surface area is 162 Å². The third-order valence-electron chi connectivity index (χ3n) is 5.13. The van der Waals surface area contributed by atoms with Crippen LogP contribution in [-0.4, -0.2) is 48.2 Å². The van der Waals surface area contributed by atoms with Crippen LogP contribution in [0.15, 0.2) is 24.4 Å². The molecule has 1 aromatic heterocycles. The Bertz CT molecular complexity index is 738. The normalized spacial score (nSPS) is 16.9. The van der Waals surface area contributed by atoms with E-state index in [9.17, 15) is 0 Å². The summed E-state index contributed by atoms with van der Waals surface area (Å²) >= 11 is 0. The predicted molar refractivity (Wildman–Crippen MR) is 105 cm³/mol. The number of hydrogen-bond donors (Lipinski definition) is 0. The maximum absolute atomic E-state index is 5.90. The molecule has 0 saturated carbocycles. The molecular formula is C21H31N3O3. The largest absolute Gasteiger partial charge is 0.493 e. The van der Waals surface area contributed by atoms with E-state index in [-0.39, 0.29) is 0 Å². The van der Waals surface area contributed by atoms with Crippen LogP contribution in [0.5, 0.6) is 11.5 Å². The number of benzene rings is 1. The van der Waals surface area contributed by atoms with Crippen molar-refractivity contribution in [2.75, 3.05) is 27.4 Å². The highest BCUT2D eigenvalue weighted by molar-refractivity contribution is 5.46. The van der Waals surface area contributed by atoms with Crippen molar-refractivity contribution < 1.29 is 14.2 Å². The van der Waals surface area contributed by atoms with Crippen molar-refractivity contribution in [3.8, 4) is 11.5 Å². The summed E-state index contributed by atoms with van der Waals surface area (Å²) < 4.78 is 19.0. The van der Waals surface area contributed by atoms with Crippen LogP contribution in [0.4, 0.5) is 0 Å². The van der Waals surface area contributed by atoms with Crippen molar-refractivity contribution in [3.05, 3.63) is 41.2 Å². The molecule has 0 spiro atoms. The van der Waals surface area contributed by atoms with E-state index in [2.05, 4.69) is 36.1 Å². The highest BCUT2D eigenvalue weighted by Gasteiger charge is 2.22. The zero-order chi connectivity index (χ0) is 19.2. The van der Waals surface area contributed by atoms with Crippen molar-refractivity contribution >= 4 is 0 Å². The van der Waals surface area contributed by atoms with Crippen LogP contribution in [-0.2, 0) is 24.4 Å². The zero-order valence-electron chi connectivity index (χ0n) is 16.9. The Morgan fingerprint density at radius 3 is 2.67 bits per heavy atom. The molecular weight excluding hydrogens is 342 g/mol. The fourth-order valence-corrected chi connectivity index (χ4v) is 3.70. The van der Waals surface area contributed by atoms with Gasteiger partial charge in [0.05, 0.1) is 26.0 Å². The van der Waals surface area contributed by atoms with E-state index in [1.54, 1.807) is 14.2 Å². The zero-order valence-corrected chi connectivity index (χ0v) is 16.9. The lowest BCUT2D eigenvalue weighted by Crippen LogP contribution is -2.31. The SMILES string of the molecule is CCn1cc(CN(Cc2cccc(OC)c2OC)CC2CCCO2)c(C)n1. The lowest BCUT2D eigenvalue weighted by atomic mass is 10.1. The summed E-state index contributed by atoms with van der Waals surface area (Å²) in [5, 5.41) is 4.60. The molecule has 1 aliphatic heterocycles. The van der Waals surface area contributed by atoms with E-state index in [0.29, 0.717) is 6.10 Å². The monoisotopic (exact) mass is 373 g/mol. The molecule has 0 N–H and O–H groups in total. The third kappa shape index (κ3) is 4.82. The molecule has 3 rings (SSSR count). The summed E-state index contributed by atoms with van der Waals surface area (Å²) in [6.45, 7) is 8.46. The molecule has 1 unspecified atom stereocenters. The van der Waals surface area contributed by atoms with Gasteiger partial charge in [-0.25, -0.2) is 0 Å². The predicted octanol–water partition coefficient (Wildman–Crippen LogP) is 3.41. The van der Waals surface area contributed by atoms with Gasteiger partial charge in [-0.2, -0.15) is 5.10 Å². The average molecular weight is 373 g/mol. The first-order valence-corrected chi connectivity index (χ1v) is 9.71. The molecule has 6 heteroatoms. The summed E-state index contributed by atoms with van der Waals surface area (Å²) in [5.74, 6) is 1.57. The van der Waals surface area contributed by atoms with Gasteiger partial charge in [-0.05, 0) is 32.8 Å². The second kappa shape index (κ2) is 9.24. The number of methoxy groups -OCH3 is 2. The van der Waals surface area contributed by atoms with Gasteiger partial charge in [0.1, 0.15) is 0 Å². The van der Waals surface area contributed by atoms with E-state index in [1.165, 1.54) is 5.56 Å². The molecule has 1 atom stereocenters. The number of hydrogen-bond acceptors (Lipinski definition) is 5. The number of rotatable bonds is 9. The molecule has 148 valence electrons. The Balaban J connectivity index is 1.82. The lowest BCUT2D eigenvalue weighted by molar-refractivity contribution is 0.0675. The van der Waals surface area contributed by atoms with Crippen LogP contribution in [0.3, 0.4) is 0 Å². The van der Waals surface area contributed by atoms with Gasteiger partial charge in [-0.15, -0.1) is 0 Å². The van der Waals surface area contributed by atoms with Gasteiger partial charge in [0.2, 0.25) is 0 Å². The van der Waals surface area contributed by atoms with Crippen LogP contribution in [0.2, 0.25) is 0 Å². The maximum Gasteiger partial charge on any atom is 0.165 e. The number of nitrogens with zero attached hydrogens (tertiary/aromatic N) is 3. The van der Waals surface area contributed by atoms with Gasteiger partial charge in [0.15, 0.2) is 11.5 Å². The Morgan fingerprint density at radius 1 is 1.22 bits per heavy atom. The first kappa shape index (κ1) is 19.7. The molecule has 2 aromatic rings. The summed E-state index contributed by atoms with van der Waals surface area (Å²) in [4.78, 5) is 2.43. The van der Waals surface area contributed by atoms with Gasteiger partial charge in [-0.1, -0.05) is 12.1 Å². The van der Waals surface area contributed by atoms with E-state index >= 15 is 0 Å². The average Bonchev–Trinajstić information content (AvgIpc) is 3.31.